The molecule has 92 heavy (non-hydrogen) atoms. The zero-order valence-corrected chi connectivity index (χ0v) is 60.3. The van der Waals surface area contributed by atoms with Gasteiger partial charge in [0.05, 0.1) is 26.4 Å². The van der Waals surface area contributed by atoms with Crippen LogP contribution in [0, 0.1) is 0 Å². The summed E-state index contributed by atoms with van der Waals surface area (Å²) in [4.78, 5) is 72.6. The van der Waals surface area contributed by atoms with E-state index in [1.807, 2.05) is 0 Å². The zero-order chi connectivity index (χ0) is 67.5. The Hall–Kier alpha value is -2.98. The summed E-state index contributed by atoms with van der Waals surface area (Å²) >= 11 is 0. The summed E-state index contributed by atoms with van der Waals surface area (Å²) in [5.74, 6) is -2.16. The van der Waals surface area contributed by atoms with E-state index in [-0.39, 0.29) is 25.7 Å². The van der Waals surface area contributed by atoms with E-state index in [1.165, 1.54) is 109 Å². The fourth-order valence-electron chi connectivity index (χ4n) is 10.2. The summed E-state index contributed by atoms with van der Waals surface area (Å²) in [6.07, 6.45) is 61.1. The van der Waals surface area contributed by atoms with Gasteiger partial charge in [0.25, 0.3) is 0 Å². The fraction of sp³-hybridized carbons (Fsp3) is 0.836. The smallest absolute Gasteiger partial charge is 0.462 e. The van der Waals surface area contributed by atoms with Crippen molar-refractivity contribution in [1.82, 2.24) is 0 Å². The lowest BCUT2D eigenvalue weighted by Gasteiger charge is -2.21. The topological polar surface area (TPSA) is 237 Å². The molecule has 19 heteroatoms. The first kappa shape index (κ1) is 89.0. The number of carbonyl (C=O) groups excluding carboxylic acids is 4. The molecule has 0 bridgehead atoms. The molecule has 17 nitrogen and oxygen atoms in total. The number of unbranched alkanes of at least 4 members (excludes halogenated alkanes) is 36. The van der Waals surface area contributed by atoms with Crippen LogP contribution in [0.5, 0.6) is 0 Å². The minimum atomic E-state index is -4.96. The van der Waals surface area contributed by atoms with Gasteiger partial charge >= 0.3 is 39.5 Å². The number of phosphoric acid groups is 2. The first-order valence-electron chi connectivity index (χ1n) is 36.9. The number of rotatable bonds is 70. The van der Waals surface area contributed by atoms with Gasteiger partial charge in [-0.05, 0) is 83.5 Å². The highest BCUT2D eigenvalue weighted by molar-refractivity contribution is 7.47. The van der Waals surface area contributed by atoms with Gasteiger partial charge in [0.1, 0.15) is 19.3 Å². The summed E-state index contributed by atoms with van der Waals surface area (Å²) < 4.78 is 68.3. The Bertz CT molecular complexity index is 1940. The molecule has 0 amide bonds. The molecule has 5 atom stereocenters. The summed E-state index contributed by atoms with van der Waals surface area (Å²) in [6, 6.07) is 0. The van der Waals surface area contributed by atoms with Gasteiger partial charge in [0.2, 0.25) is 0 Å². The van der Waals surface area contributed by atoms with E-state index in [2.05, 4.69) is 76.3 Å². The van der Waals surface area contributed by atoms with Crippen molar-refractivity contribution in [3.8, 4) is 0 Å². The van der Waals surface area contributed by atoms with Crippen molar-refractivity contribution >= 4 is 39.5 Å². The van der Waals surface area contributed by atoms with Gasteiger partial charge in [-0.15, -0.1) is 0 Å². The molecule has 0 fully saturated rings. The summed E-state index contributed by atoms with van der Waals surface area (Å²) in [5, 5.41) is 10.6. The second kappa shape index (κ2) is 66.6. The van der Waals surface area contributed by atoms with Gasteiger partial charge in [-0.2, -0.15) is 0 Å². The predicted octanol–water partition coefficient (Wildman–Crippen LogP) is 20.6. The Morgan fingerprint density at radius 1 is 0.315 bits per heavy atom. The largest absolute Gasteiger partial charge is 0.472 e. The van der Waals surface area contributed by atoms with Crippen LogP contribution in [0.4, 0.5) is 0 Å². The Morgan fingerprint density at radius 3 is 0.891 bits per heavy atom. The third kappa shape index (κ3) is 65.7. The molecular weight excluding hydrogens is 1210 g/mol. The number of aliphatic hydroxyl groups is 1. The van der Waals surface area contributed by atoms with Crippen molar-refractivity contribution in [1.29, 1.82) is 0 Å². The minimum absolute atomic E-state index is 0.0873. The standard InChI is InChI=1S/C73H134O17P2/c1-5-9-13-17-21-25-29-31-32-33-34-36-39-42-46-50-54-58-71(76)84-64-69(90-73(78)60-56-52-48-44-40-35-30-26-22-18-14-10-6-2)66-88-92(81,82)86-62-67(74)61-85-91(79,80)87-65-68(89-72(77)59-55-51-47-43-38-28-24-20-16-12-8-4)63-83-70(75)57-53-49-45-41-37-27-23-19-15-11-7-3/h9,13,21,25-26,30-32,67-69,74H,5-8,10-12,14-20,22-24,27-29,33-66H2,1-4H3,(H,79,80)(H,81,82)/b13-9-,25-21-,30-26-,32-31-. The number of phosphoric ester groups is 2. The number of aliphatic hydroxyl groups excluding tert-OH is 1. The molecule has 0 rings (SSSR count). The molecule has 3 N–H and O–H groups in total. The van der Waals surface area contributed by atoms with Crippen molar-refractivity contribution < 1.29 is 80.2 Å². The molecule has 0 aliphatic rings. The average Bonchev–Trinajstić information content (AvgIpc) is 2.89. The monoisotopic (exact) mass is 1340 g/mol. The maximum absolute atomic E-state index is 13.0. The highest BCUT2D eigenvalue weighted by atomic mass is 31.2. The minimum Gasteiger partial charge on any atom is -0.462 e. The molecule has 0 saturated heterocycles. The zero-order valence-electron chi connectivity index (χ0n) is 58.5. The lowest BCUT2D eigenvalue weighted by atomic mass is 10.1. The highest BCUT2D eigenvalue weighted by Crippen LogP contribution is 2.45. The second-order valence-electron chi connectivity index (χ2n) is 24.9. The summed E-state index contributed by atoms with van der Waals surface area (Å²) in [5.41, 5.74) is 0. The van der Waals surface area contributed by atoms with Crippen molar-refractivity contribution in [2.24, 2.45) is 0 Å². The molecule has 0 aromatic rings. The number of esters is 4. The molecular formula is C73H134O17P2. The number of hydrogen-bond acceptors (Lipinski definition) is 15. The number of allylic oxidation sites excluding steroid dienone is 8. The molecule has 5 unspecified atom stereocenters. The first-order valence-corrected chi connectivity index (χ1v) is 39.9. The number of ether oxygens (including phenoxy) is 4. The van der Waals surface area contributed by atoms with E-state index in [0.717, 1.165) is 148 Å². The lowest BCUT2D eigenvalue weighted by Crippen LogP contribution is -2.30. The van der Waals surface area contributed by atoms with Gasteiger partial charge in [0.15, 0.2) is 12.2 Å². The van der Waals surface area contributed by atoms with Crippen LogP contribution < -0.4 is 0 Å². The normalized spacial score (nSPS) is 14.3. The van der Waals surface area contributed by atoms with Gasteiger partial charge in [0, 0.05) is 25.7 Å². The van der Waals surface area contributed by atoms with Crippen LogP contribution >= 0.6 is 15.6 Å². The van der Waals surface area contributed by atoms with Crippen LogP contribution in [0.25, 0.3) is 0 Å². The Balaban J connectivity index is 5.28. The maximum Gasteiger partial charge on any atom is 0.472 e. The Morgan fingerprint density at radius 2 is 0.565 bits per heavy atom. The molecule has 0 aliphatic heterocycles. The predicted molar refractivity (Wildman–Crippen MR) is 372 cm³/mol. The molecule has 0 saturated carbocycles. The van der Waals surface area contributed by atoms with E-state index in [0.29, 0.717) is 25.7 Å². The highest BCUT2D eigenvalue weighted by Gasteiger charge is 2.30. The number of hydrogen-bond donors (Lipinski definition) is 3. The summed E-state index contributed by atoms with van der Waals surface area (Å²) in [6.45, 7) is 4.76. The Labute approximate surface area is 559 Å². The molecule has 0 heterocycles. The quantitative estimate of drug-likeness (QED) is 0.0169. The van der Waals surface area contributed by atoms with Crippen molar-refractivity contribution in [2.75, 3.05) is 39.6 Å². The van der Waals surface area contributed by atoms with Crippen LogP contribution in [-0.4, -0.2) is 96.7 Å². The van der Waals surface area contributed by atoms with Gasteiger partial charge in [-0.1, -0.05) is 275 Å². The fourth-order valence-corrected chi connectivity index (χ4v) is 11.8. The van der Waals surface area contributed by atoms with E-state index >= 15 is 0 Å². The van der Waals surface area contributed by atoms with Crippen molar-refractivity contribution in [3.05, 3.63) is 48.6 Å². The molecule has 0 aromatic heterocycles. The van der Waals surface area contributed by atoms with E-state index in [9.17, 15) is 43.2 Å². The summed E-state index contributed by atoms with van der Waals surface area (Å²) in [7, 11) is -9.92. The molecule has 538 valence electrons. The van der Waals surface area contributed by atoms with Crippen LogP contribution in [0.15, 0.2) is 48.6 Å². The third-order valence-corrected chi connectivity index (χ3v) is 17.7. The van der Waals surface area contributed by atoms with Gasteiger partial charge in [-0.25, -0.2) is 9.13 Å². The van der Waals surface area contributed by atoms with E-state index in [4.69, 9.17) is 37.0 Å². The van der Waals surface area contributed by atoms with Gasteiger partial charge in [-0.3, -0.25) is 37.3 Å². The van der Waals surface area contributed by atoms with Crippen LogP contribution in [0.3, 0.4) is 0 Å². The molecule has 0 spiro atoms. The van der Waals surface area contributed by atoms with E-state index in [1.54, 1.807) is 0 Å². The molecule has 0 aliphatic carbocycles. The maximum atomic E-state index is 13.0. The lowest BCUT2D eigenvalue weighted by molar-refractivity contribution is -0.161. The van der Waals surface area contributed by atoms with Crippen LogP contribution in [0.2, 0.25) is 0 Å². The molecule has 0 aromatic carbocycles. The van der Waals surface area contributed by atoms with E-state index < -0.39 is 97.5 Å². The van der Waals surface area contributed by atoms with Gasteiger partial charge < -0.3 is 33.8 Å². The first-order chi connectivity index (χ1) is 44.7. The van der Waals surface area contributed by atoms with Crippen molar-refractivity contribution in [3.63, 3.8) is 0 Å². The Kier molecular flexibility index (Phi) is 64.5. The average molecular weight is 1350 g/mol. The number of carbonyl (C=O) groups is 4. The van der Waals surface area contributed by atoms with Crippen LogP contribution in [-0.2, 0) is 65.4 Å². The third-order valence-electron chi connectivity index (χ3n) is 15.8. The van der Waals surface area contributed by atoms with Crippen LogP contribution in [0.1, 0.15) is 336 Å². The molecule has 0 radical (unpaired) electrons. The SMILES string of the molecule is CC/C=C\C/C=C\C/C=C\CCCCCCCCCC(=O)OCC(COP(=O)(O)OCC(O)COP(=O)(O)OCC(COC(=O)CCCCCCCCCCCCC)OC(=O)CCCCCCCCCCCCC)OC(=O)CCCCCCC/C=C\CCCCCC. The second-order valence-corrected chi connectivity index (χ2v) is 27.8. The van der Waals surface area contributed by atoms with Crippen molar-refractivity contribution in [2.45, 2.75) is 354 Å².